The second kappa shape index (κ2) is 6.94. The first-order chi connectivity index (χ1) is 10.5. The second-order valence-corrected chi connectivity index (χ2v) is 5.27. The Morgan fingerprint density at radius 3 is 2.64 bits per heavy atom. The van der Waals surface area contributed by atoms with E-state index in [1.807, 2.05) is 50.2 Å². The molecule has 0 heterocycles. The number of amides is 1. The Balaban J connectivity index is 2.22. The Morgan fingerprint density at radius 2 is 1.91 bits per heavy atom. The maximum atomic E-state index is 11.8. The minimum Gasteiger partial charge on any atom is -0.489 e. The zero-order valence-electron chi connectivity index (χ0n) is 13.3. The summed E-state index contributed by atoms with van der Waals surface area (Å²) >= 11 is 0. The van der Waals surface area contributed by atoms with Gasteiger partial charge in [-0.3, -0.25) is 4.79 Å². The number of rotatable bonds is 5. The standard InChI is InChI=1S/C19H21NO2/c1-13-9-10-14(2)18(11-13)22-12-16-7-5-6-8-17(16)15(3)19(21)20-4/h5-11H,3,12H2,1-2,4H3,(H,20,21). The molecule has 0 unspecified atom stereocenters. The lowest BCUT2D eigenvalue weighted by molar-refractivity contribution is -0.115. The van der Waals surface area contributed by atoms with Crippen LogP contribution in [0.4, 0.5) is 0 Å². The van der Waals surface area contributed by atoms with E-state index in [9.17, 15) is 4.79 Å². The predicted octanol–water partition coefficient (Wildman–Crippen LogP) is 3.64. The van der Waals surface area contributed by atoms with E-state index in [2.05, 4.69) is 18.0 Å². The van der Waals surface area contributed by atoms with Gasteiger partial charge in [0.2, 0.25) is 0 Å². The molecule has 1 N–H and O–H groups in total. The molecule has 0 fully saturated rings. The van der Waals surface area contributed by atoms with E-state index < -0.39 is 0 Å². The zero-order chi connectivity index (χ0) is 16.1. The van der Waals surface area contributed by atoms with E-state index >= 15 is 0 Å². The molecule has 114 valence electrons. The normalized spacial score (nSPS) is 10.1. The molecule has 1 amide bonds. The molecule has 0 radical (unpaired) electrons. The second-order valence-electron chi connectivity index (χ2n) is 5.27. The van der Waals surface area contributed by atoms with Crippen LogP contribution in [0.5, 0.6) is 5.75 Å². The summed E-state index contributed by atoms with van der Waals surface area (Å²) in [6, 6.07) is 13.8. The molecule has 3 nitrogen and oxygen atoms in total. The zero-order valence-corrected chi connectivity index (χ0v) is 13.3. The Morgan fingerprint density at radius 1 is 1.18 bits per heavy atom. The number of hydrogen-bond acceptors (Lipinski definition) is 2. The van der Waals surface area contributed by atoms with Gasteiger partial charge in [0, 0.05) is 12.6 Å². The van der Waals surface area contributed by atoms with E-state index in [4.69, 9.17) is 4.74 Å². The topological polar surface area (TPSA) is 38.3 Å². The van der Waals surface area contributed by atoms with Gasteiger partial charge in [0.25, 0.3) is 5.91 Å². The van der Waals surface area contributed by atoms with Crippen LogP contribution in [0, 0.1) is 13.8 Å². The molecule has 0 bridgehead atoms. The monoisotopic (exact) mass is 295 g/mol. The van der Waals surface area contributed by atoms with Crippen molar-refractivity contribution in [2.24, 2.45) is 0 Å². The third-order valence-corrected chi connectivity index (χ3v) is 3.57. The fourth-order valence-electron chi connectivity index (χ4n) is 2.23. The number of aryl methyl sites for hydroxylation is 2. The lowest BCUT2D eigenvalue weighted by atomic mass is 10.0. The van der Waals surface area contributed by atoms with Crippen LogP contribution < -0.4 is 10.1 Å². The van der Waals surface area contributed by atoms with Crippen LogP contribution in [0.1, 0.15) is 22.3 Å². The van der Waals surface area contributed by atoms with Crippen molar-refractivity contribution in [3.63, 3.8) is 0 Å². The van der Waals surface area contributed by atoms with Crippen molar-refractivity contribution in [1.82, 2.24) is 5.32 Å². The predicted molar refractivity (Wildman–Crippen MR) is 89.8 cm³/mol. The van der Waals surface area contributed by atoms with E-state index in [1.54, 1.807) is 7.05 Å². The molecule has 2 rings (SSSR count). The number of likely N-dealkylation sites (N-methyl/N-ethyl adjacent to an activating group) is 1. The van der Waals surface area contributed by atoms with Crippen LogP contribution >= 0.6 is 0 Å². The highest BCUT2D eigenvalue weighted by molar-refractivity contribution is 6.18. The van der Waals surface area contributed by atoms with Crippen molar-refractivity contribution in [2.75, 3.05) is 7.05 Å². The average molecular weight is 295 g/mol. The molecule has 0 spiro atoms. The fourth-order valence-corrected chi connectivity index (χ4v) is 2.23. The number of nitrogens with one attached hydrogen (secondary N) is 1. The van der Waals surface area contributed by atoms with Crippen LogP contribution in [-0.2, 0) is 11.4 Å². The Hall–Kier alpha value is -2.55. The number of carbonyl (C=O) groups is 1. The van der Waals surface area contributed by atoms with Crippen LogP contribution in [-0.4, -0.2) is 13.0 Å². The minimum atomic E-state index is -0.181. The number of carbonyl (C=O) groups excluding carboxylic acids is 1. The van der Waals surface area contributed by atoms with E-state index in [1.165, 1.54) is 0 Å². The highest BCUT2D eigenvalue weighted by Gasteiger charge is 2.12. The molecule has 0 saturated carbocycles. The third-order valence-electron chi connectivity index (χ3n) is 3.57. The highest BCUT2D eigenvalue weighted by atomic mass is 16.5. The van der Waals surface area contributed by atoms with Crippen molar-refractivity contribution < 1.29 is 9.53 Å². The molecule has 22 heavy (non-hydrogen) atoms. The Labute approximate surface area is 131 Å². The third kappa shape index (κ3) is 3.55. The van der Waals surface area contributed by atoms with Crippen molar-refractivity contribution in [3.05, 3.63) is 71.3 Å². The SMILES string of the molecule is C=C(C(=O)NC)c1ccccc1COc1cc(C)ccc1C. The summed E-state index contributed by atoms with van der Waals surface area (Å²) < 4.78 is 5.94. The highest BCUT2D eigenvalue weighted by Crippen LogP contribution is 2.23. The summed E-state index contributed by atoms with van der Waals surface area (Å²) in [5, 5.41) is 2.60. The maximum Gasteiger partial charge on any atom is 0.251 e. The summed E-state index contributed by atoms with van der Waals surface area (Å²) in [7, 11) is 1.60. The molecular formula is C19H21NO2. The molecule has 0 aliphatic heterocycles. The van der Waals surface area contributed by atoms with E-state index in [0.29, 0.717) is 12.2 Å². The molecule has 0 saturated heterocycles. The van der Waals surface area contributed by atoms with Crippen LogP contribution in [0.15, 0.2) is 49.0 Å². The smallest absolute Gasteiger partial charge is 0.251 e. The molecule has 3 heteroatoms. The van der Waals surface area contributed by atoms with E-state index in [-0.39, 0.29) is 5.91 Å². The van der Waals surface area contributed by atoms with Gasteiger partial charge < -0.3 is 10.1 Å². The Kier molecular flexibility index (Phi) is 4.99. The van der Waals surface area contributed by atoms with Crippen molar-refractivity contribution in [1.29, 1.82) is 0 Å². The van der Waals surface area contributed by atoms with Gasteiger partial charge >= 0.3 is 0 Å². The van der Waals surface area contributed by atoms with Crippen molar-refractivity contribution in [2.45, 2.75) is 20.5 Å². The van der Waals surface area contributed by atoms with Crippen LogP contribution in [0.25, 0.3) is 5.57 Å². The number of benzene rings is 2. The molecule has 0 aliphatic carbocycles. The molecule has 0 aliphatic rings. The summed E-state index contributed by atoms with van der Waals surface area (Å²) in [5.74, 6) is 0.680. The van der Waals surface area contributed by atoms with Crippen LogP contribution in [0.3, 0.4) is 0 Å². The quantitative estimate of drug-likeness (QED) is 0.855. The van der Waals surface area contributed by atoms with Gasteiger partial charge in [-0.05, 0) is 42.2 Å². The summed E-state index contributed by atoms with van der Waals surface area (Å²) in [4.78, 5) is 11.8. The lowest BCUT2D eigenvalue weighted by Gasteiger charge is -2.14. The molecular weight excluding hydrogens is 274 g/mol. The van der Waals surface area contributed by atoms with Gasteiger partial charge in [0.15, 0.2) is 0 Å². The Bertz CT molecular complexity index is 704. The largest absolute Gasteiger partial charge is 0.489 e. The fraction of sp³-hybridized carbons (Fsp3) is 0.211. The first kappa shape index (κ1) is 15.8. The first-order valence-electron chi connectivity index (χ1n) is 7.22. The van der Waals surface area contributed by atoms with Crippen LogP contribution in [0.2, 0.25) is 0 Å². The van der Waals surface area contributed by atoms with Gasteiger partial charge in [0.05, 0.1) is 0 Å². The first-order valence-corrected chi connectivity index (χ1v) is 7.22. The van der Waals surface area contributed by atoms with Gasteiger partial charge in [-0.25, -0.2) is 0 Å². The molecule has 0 aromatic heterocycles. The number of hydrogen-bond donors (Lipinski definition) is 1. The minimum absolute atomic E-state index is 0.181. The van der Waals surface area contributed by atoms with Crippen molar-refractivity contribution in [3.8, 4) is 5.75 Å². The summed E-state index contributed by atoms with van der Waals surface area (Å²) in [6.07, 6.45) is 0. The summed E-state index contributed by atoms with van der Waals surface area (Å²) in [5.41, 5.74) is 4.45. The maximum absolute atomic E-state index is 11.8. The molecule has 2 aromatic carbocycles. The van der Waals surface area contributed by atoms with E-state index in [0.717, 1.165) is 28.0 Å². The summed E-state index contributed by atoms with van der Waals surface area (Å²) in [6.45, 7) is 8.33. The van der Waals surface area contributed by atoms with Gasteiger partial charge in [-0.15, -0.1) is 0 Å². The van der Waals surface area contributed by atoms with Gasteiger partial charge in [0.1, 0.15) is 12.4 Å². The molecule has 2 aromatic rings. The lowest BCUT2D eigenvalue weighted by Crippen LogP contribution is -2.19. The van der Waals surface area contributed by atoms with Gasteiger partial charge in [-0.1, -0.05) is 43.0 Å². The van der Waals surface area contributed by atoms with Crippen molar-refractivity contribution >= 4 is 11.5 Å². The molecule has 0 atom stereocenters. The number of ether oxygens (including phenoxy) is 1. The average Bonchev–Trinajstić information content (AvgIpc) is 2.54. The van der Waals surface area contributed by atoms with Gasteiger partial charge in [-0.2, -0.15) is 0 Å².